The third-order valence-corrected chi connectivity index (χ3v) is 5.80. The number of benzene rings is 1. The lowest BCUT2D eigenvalue weighted by Gasteiger charge is -2.22. The quantitative estimate of drug-likeness (QED) is 0.732. The summed E-state index contributed by atoms with van der Waals surface area (Å²) >= 11 is 1.40. The van der Waals surface area contributed by atoms with Crippen molar-refractivity contribution in [1.29, 1.82) is 0 Å². The Morgan fingerprint density at radius 3 is 2.63 bits per heavy atom. The topological polar surface area (TPSA) is 78.3 Å². The molecule has 0 radical (unpaired) electrons. The standard InChI is InChI=1S/C19H26N4O3S/c1-23-18(13-9-10-15(25-2)16(11-13)26-3)21-22-19(23)27-12-17(24)20-14-7-5-4-6-8-14/h9-11,14H,4-8,12H2,1-3H3,(H,20,24). The van der Waals surface area contributed by atoms with Crippen molar-refractivity contribution >= 4 is 17.7 Å². The predicted molar refractivity (Wildman–Crippen MR) is 105 cm³/mol. The molecule has 3 rings (SSSR count). The highest BCUT2D eigenvalue weighted by atomic mass is 32.2. The van der Waals surface area contributed by atoms with Crippen molar-refractivity contribution in [3.63, 3.8) is 0 Å². The van der Waals surface area contributed by atoms with E-state index in [-0.39, 0.29) is 5.91 Å². The molecule has 1 aliphatic rings. The molecule has 146 valence electrons. The van der Waals surface area contributed by atoms with Crippen LogP contribution in [0.3, 0.4) is 0 Å². The lowest BCUT2D eigenvalue weighted by atomic mass is 9.95. The van der Waals surface area contributed by atoms with E-state index in [4.69, 9.17) is 9.47 Å². The third kappa shape index (κ3) is 4.74. The van der Waals surface area contributed by atoms with Crippen LogP contribution in [0.5, 0.6) is 11.5 Å². The normalized spacial score (nSPS) is 14.8. The number of nitrogens with zero attached hydrogens (tertiary/aromatic N) is 3. The van der Waals surface area contributed by atoms with Gasteiger partial charge in [-0.1, -0.05) is 31.0 Å². The number of rotatable bonds is 7. The SMILES string of the molecule is COc1ccc(-c2nnc(SCC(=O)NC3CCCCC3)n2C)cc1OC. The first-order valence-corrected chi connectivity index (χ1v) is 10.1. The molecular formula is C19H26N4O3S. The summed E-state index contributed by atoms with van der Waals surface area (Å²) in [4.78, 5) is 12.2. The van der Waals surface area contributed by atoms with Gasteiger partial charge in [0.05, 0.1) is 20.0 Å². The number of aromatic nitrogens is 3. The van der Waals surface area contributed by atoms with E-state index in [1.807, 2.05) is 29.8 Å². The Labute approximate surface area is 163 Å². The van der Waals surface area contributed by atoms with E-state index >= 15 is 0 Å². The minimum absolute atomic E-state index is 0.0579. The van der Waals surface area contributed by atoms with Crippen LogP contribution in [-0.4, -0.2) is 46.7 Å². The maximum atomic E-state index is 12.2. The molecule has 7 nitrogen and oxygen atoms in total. The molecule has 0 unspecified atom stereocenters. The molecule has 2 aromatic rings. The molecule has 1 heterocycles. The number of amides is 1. The van der Waals surface area contributed by atoms with Crippen molar-refractivity contribution in [2.45, 2.75) is 43.3 Å². The van der Waals surface area contributed by atoms with Gasteiger partial charge in [-0.15, -0.1) is 10.2 Å². The highest BCUT2D eigenvalue weighted by molar-refractivity contribution is 7.99. The van der Waals surface area contributed by atoms with Crippen LogP contribution in [0.2, 0.25) is 0 Å². The van der Waals surface area contributed by atoms with E-state index < -0.39 is 0 Å². The molecule has 8 heteroatoms. The van der Waals surface area contributed by atoms with Gasteiger partial charge in [0.2, 0.25) is 5.91 Å². The first-order chi connectivity index (χ1) is 13.1. The number of hydrogen-bond donors (Lipinski definition) is 1. The maximum absolute atomic E-state index is 12.2. The maximum Gasteiger partial charge on any atom is 0.230 e. The first kappa shape index (κ1) is 19.5. The fraction of sp³-hybridized carbons (Fsp3) is 0.526. The van der Waals surface area contributed by atoms with Crippen molar-refractivity contribution in [2.75, 3.05) is 20.0 Å². The van der Waals surface area contributed by atoms with Crippen LogP contribution in [0.15, 0.2) is 23.4 Å². The number of thioether (sulfide) groups is 1. The molecule has 0 atom stereocenters. The van der Waals surface area contributed by atoms with Crippen molar-refractivity contribution in [3.8, 4) is 22.9 Å². The highest BCUT2D eigenvalue weighted by Gasteiger charge is 2.18. The second-order valence-corrected chi connectivity index (χ2v) is 7.57. The molecule has 1 aliphatic carbocycles. The molecule has 1 aromatic carbocycles. The first-order valence-electron chi connectivity index (χ1n) is 9.16. The van der Waals surface area contributed by atoms with Crippen molar-refractivity contribution in [3.05, 3.63) is 18.2 Å². The van der Waals surface area contributed by atoms with E-state index in [1.165, 1.54) is 31.0 Å². The Morgan fingerprint density at radius 2 is 1.93 bits per heavy atom. The molecule has 1 N–H and O–H groups in total. The van der Waals surface area contributed by atoms with Gasteiger partial charge in [0.15, 0.2) is 22.5 Å². The number of ether oxygens (including phenoxy) is 2. The van der Waals surface area contributed by atoms with Crippen LogP contribution < -0.4 is 14.8 Å². The summed E-state index contributed by atoms with van der Waals surface area (Å²) in [5.41, 5.74) is 0.876. The number of carbonyl (C=O) groups is 1. The Balaban J connectivity index is 1.64. The average Bonchev–Trinajstić information content (AvgIpc) is 3.07. The summed E-state index contributed by atoms with van der Waals surface area (Å²) < 4.78 is 12.5. The minimum Gasteiger partial charge on any atom is -0.493 e. The molecule has 0 spiro atoms. The van der Waals surface area contributed by atoms with Gasteiger partial charge in [0.25, 0.3) is 0 Å². The van der Waals surface area contributed by atoms with Gasteiger partial charge in [0, 0.05) is 18.7 Å². The summed E-state index contributed by atoms with van der Waals surface area (Å²) in [6.45, 7) is 0. The van der Waals surface area contributed by atoms with E-state index in [0.29, 0.717) is 34.3 Å². The monoisotopic (exact) mass is 390 g/mol. The van der Waals surface area contributed by atoms with E-state index in [2.05, 4.69) is 15.5 Å². The van der Waals surface area contributed by atoms with Gasteiger partial charge in [-0.2, -0.15) is 0 Å². The summed E-state index contributed by atoms with van der Waals surface area (Å²) in [6.07, 6.45) is 5.86. The Hall–Kier alpha value is -2.22. The number of hydrogen-bond acceptors (Lipinski definition) is 6. The molecule has 1 saturated carbocycles. The van der Waals surface area contributed by atoms with Crippen LogP contribution in [0.4, 0.5) is 0 Å². The van der Waals surface area contributed by atoms with E-state index in [9.17, 15) is 4.79 Å². The lowest BCUT2D eigenvalue weighted by molar-refractivity contribution is -0.119. The summed E-state index contributed by atoms with van der Waals surface area (Å²) in [5.74, 6) is 2.42. The highest BCUT2D eigenvalue weighted by Crippen LogP contribution is 2.32. The zero-order valence-electron chi connectivity index (χ0n) is 16.0. The second kappa shape index (κ2) is 9.12. The fourth-order valence-corrected chi connectivity index (χ4v) is 4.04. The largest absolute Gasteiger partial charge is 0.493 e. The molecule has 1 amide bonds. The molecule has 0 saturated heterocycles. The average molecular weight is 391 g/mol. The smallest absolute Gasteiger partial charge is 0.230 e. The van der Waals surface area contributed by atoms with Crippen LogP contribution in [0, 0.1) is 0 Å². The third-order valence-electron chi connectivity index (χ3n) is 4.78. The lowest BCUT2D eigenvalue weighted by Crippen LogP contribution is -2.37. The predicted octanol–water partition coefficient (Wildman–Crippen LogP) is 3.04. The fourth-order valence-electron chi connectivity index (χ4n) is 3.31. The van der Waals surface area contributed by atoms with Gasteiger partial charge in [-0.05, 0) is 31.0 Å². The van der Waals surface area contributed by atoms with E-state index in [1.54, 1.807) is 14.2 Å². The summed E-state index contributed by atoms with van der Waals surface area (Å²) in [7, 11) is 5.10. The van der Waals surface area contributed by atoms with Gasteiger partial charge < -0.3 is 19.4 Å². The molecule has 27 heavy (non-hydrogen) atoms. The molecule has 1 aromatic heterocycles. The summed E-state index contributed by atoms with van der Waals surface area (Å²) in [6, 6.07) is 5.95. The van der Waals surface area contributed by atoms with E-state index in [0.717, 1.165) is 18.4 Å². The number of carbonyl (C=O) groups excluding carboxylic acids is 1. The van der Waals surface area contributed by atoms with Crippen molar-refractivity contribution < 1.29 is 14.3 Å². The van der Waals surface area contributed by atoms with Crippen LogP contribution in [0.25, 0.3) is 11.4 Å². The Bertz CT molecular complexity index is 787. The van der Waals surface area contributed by atoms with Crippen LogP contribution in [-0.2, 0) is 11.8 Å². The minimum atomic E-state index is 0.0579. The molecule has 0 aliphatic heterocycles. The van der Waals surface area contributed by atoms with Gasteiger partial charge >= 0.3 is 0 Å². The number of methoxy groups -OCH3 is 2. The second-order valence-electron chi connectivity index (χ2n) is 6.63. The van der Waals surface area contributed by atoms with Crippen LogP contribution in [0.1, 0.15) is 32.1 Å². The number of nitrogens with one attached hydrogen (secondary N) is 1. The van der Waals surface area contributed by atoms with Gasteiger partial charge in [0.1, 0.15) is 0 Å². The van der Waals surface area contributed by atoms with Gasteiger partial charge in [-0.3, -0.25) is 4.79 Å². The van der Waals surface area contributed by atoms with Crippen molar-refractivity contribution in [2.24, 2.45) is 7.05 Å². The molecular weight excluding hydrogens is 364 g/mol. The Kier molecular flexibility index (Phi) is 6.60. The van der Waals surface area contributed by atoms with Crippen molar-refractivity contribution in [1.82, 2.24) is 20.1 Å². The molecule has 0 bridgehead atoms. The van der Waals surface area contributed by atoms with Gasteiger partial charge in [-0.25, -0.2) is 0 Å². The zero-order chi connectivity index (χ0) is 19.2. The van der Waals surface area contributed by atoms with Crippen LogP contribution >= 0.6 is 11.8 Å². The Morgan fingerprint density at radius 1 is 1.19 bits per heavy atom. The zero-order valence-corrected chi connectivity index (χ0v) is 16.8. The summed E-state index contributed by atoms with van der Waals surface area (Å²) in [5, 5.41) is 12.3. The molecule has 1 fully saturated rings.